The lowest BCUT2D eigenvalue weighted by molar-refractivity contribution is 0.0926. The Morgan fingerprint density at radius 2 is 1.40 bits per heavy atom. The summed E-state index contributed by atoms with van der Waals surface area (Å²) in [4.78, 5) is 26.7. The zero-order valence-corrected chi connectivity index (χ0v) is 13.3. The predicted molar refractivity (Wildman–Crippen MR) is 94.1 cm³/mol. The standard InChI is InChI=1S/C20H15NO4/c22-9-10-25-16-7-5-15(6-8-16)21-19(23)17-11-13-3-1-2-4-14(13)12-18(17)20(21)24/h1-8,11-12,22H,9-10H2. The fourth-order valence-corrected chi connectivity index (χ4v) is 3.02. The van der Waals surface area contributed by atoms with E-state index in [0.717, 1.165) is 10.8 Å². The number of carbonyl (C=O) groups excluding carboxylic acids is 2. The van der Waals surface area contributed by atoms with Crippen LogP contribution in [0.4, 0.5) is 5.69 Å². The zero-order chi connectivity index (χ0) is 17.4. The molecule has 0 bridgehead atoms. The zero-order valence-electron chi connectivity index (χ0n) is 13.3. The molecule has 1 aliphatic heterocycles. The van der Waals surface area contributed by atoms with Gasteiger partial charge in [-0.3, -0.25) is 9.59 Å². The van der Waals surface area contributed by atoms with Crippen LogP contribution in [0.3, 0.4) is 0 Å². The summed E-state index contributed by atoms with van der Waals surface area (Å²) in [6, 6.07) is 17.8. The van der Waals surface area contributed by atoms with Gasteiger partial charge in [-0.25, -0.2) is 4.90 Å². The predicted octanol–water partition coefficient (Wildman–Crippen LogP) is 3.01. The molecule has 0 aromatic heterocycles. The summed E-state index contributed by atoms with van der Waals surface area (Å²) in [5, 5.41) is 10.6. The number of amides is 2. The van der Waals surface area contributed by atoms with Crippen molar-refractivity contribution in [2.45, 2.75) is 0 Å². The fraction of sp³-hybridized carbons (Fsp3) is 0.100. The molecule has 0 atom stereocenters. The Bertz CT molecular complexity index is 924. The molecular weight excluding hydrogens is 318 g/mol. The second kappa shape index (κ2) is 6.03. The number of carbonyl (C=O) groups is 2. The highest BCUT2D eigenvalue weighted by Crippen LogP contribution is 2.32. The van der Waals surface area contributed by atoms with Crippen molar-refractivity contribution < 1.29 is 19.4 Å². The van der Waals surface area contributed by atoms with Crippen molar-refractivity contribution in [1.82, 2.24) is 0 Å². The topological polar surface area (TPSA) is 66.8 Å². The second-order valence-corrected chi connectivity index (χ2v) is 5.76. The van der Waals surface area contributed by atoms with E-state index in [1.807, 2.05) is 24.3 Å². The minimum atomic E-state index is -0.324. The quantitative estimate of drug-likeness (QED) is 0.745. The van der Waals surface area contributed by atoms with Crippen LogP contribution in [-0.4, -0.2) is 30.1 Å². The van der Waals surface area contributed by atoms with Gasteiger partial charge in [0.25, 0.3) is 11.8 Å². The number of benzene rings is 3. The van der Waals surface area contributed by atoms with E-state index in [4.69, 9.17) is 9.84 Å². The van der Waals surface area contributed by atoms with Gasteiger partial charge in [-0.15, -0.1) is 0 Å². The molecule has 4 rings (SSSR count). The molecule has 5 heteroatoms. The van der Waals surface area contributed by atoms with Gasteiger partial charge in [0.2, 0.25) is 0 Å². The van der Waals surface area contributed by atoms with E-state index in [1.165, 1.54) is 4.90 Å². The van der Waals surface area contributed by atoms with Gasteiger partial charge in [-0.2, -0.15) is 0 Å². The lowest BCUT2D eigenvalue weighted by Gasteiger charge is -2.14. The lowest BCUT2D eigenvalue weighted by atomic mass is 10.0. The van der Waals surface area contributed by atoms with Crippen molar-refractivity contribution in [3.05, 3.63) is 71.8 Å². The number of ether oxygens (including phenoxy) is 1. The maximum atomic E-state index is 12.7. The monoisotopic (exact) mass is 333 g/mol. The summed E-state index contributed by atoms with van der Waals surface area (Å²) in [7, 11) is 0. The number of hydrogen-bond acceptors (Lipinski definition) is 4. The van der Waals surface area contributed by atoms with Crippen LogP contribution < -0.4 is 9.64 Å². The number of nitrogens with zero attached hydrogens (tertiary/aromatic N) is 1. The SMILES string of the molecule is O=C1c2cc3ccccc3cc2C(=O)N1c1ccc(OCCO)cc1. The maximum Gasteiger partial charge on any atom is 0.266 e. The van der Waals surface area contributed by atoms with Gasteiger partial charge in [0, 0.05) is 0 Å². The molecule has 0 saturated carbocycles. The highest BCUT2D eigenvalue weighted by atomic mass is 16.5. The van der Waals surface area contributed by atoms with E-state index >= 15 is 0 Å². The van der Waals surface area contributed by atoms with E-state index in [2.05, 4.69) is 0 Å². The molecule has 3 aromatic carbocycles. The average molecular weight is 333 g/mol. The minimum absolute atomic E-state index is 0.0757. The van der Waals surface area contributed by atoms with Gasteiger partial charge >= 0.3 is 0 Å². The van der Waals surface area contributed by atoms with Crippen molar-refractivity contribution in [3.63, 3.8) is 0 Å². The molecule has 0 saturated heterocycles. The van der Waals surface area contributed by atoms with Crippen molar-refractivity contribution in [3.8, 4) is 5.75 Å². The number of anilines is 1. The maximum absolute atomic E-state index is 12.7. The first-order chi connectivity index (χ1) is 12.2. The first-order valence-corrected chi connectivity index (χ1v) is 7.94. The average Bonchev–Trinajstić information content (AvgIpc) is 2.89. The van der Waals surface area contributed by atoms with Crippen LogP contribution in [-0.2, 0) is 0 Å². The molecule has 0 unspecified atom stereocenters. The molecular formula is C20H15NO4. The summed E-state index contributed by atoms with van der Waals surface area (Å²) in [6.07, 6.45) is 0. The Morgan fingerprint density at radius 1 is 0.840 bits per heavy atom. The van der Waals surface area contributed by atoms with Gasteiger partial charge in [-0.05, 0) is 47.2 Å². The number of fused-ring (bicyclic) bond motifs is 2. The number of hydrogen-bond donors (Lipinski definition) is 1. The van der Waals surface area contributed by atoms with E-state index in [0.29, 0.717) is 22.6 Å². The Balaban J connectivity index is 1.71. The van der Waals surface area contributed by atoms with Gasteiger partial charge in [0.15, 0.2) is 0 Å². The summed E-state index contributed by atoms with van der Waals surface area (Å²) in [6.45, 7) is 0.118. The first-order valence-electron chi connectivity index (χ1n) is 7.94. The van der Waals surface area contributed by atoms with Crippen LogP contribution in [0.5, 0.6) is 5.75 Å². The van der Waals surface area contributed by atoms with Crippen molar-refractivity contribution in [2.75, 3.05) is 18.1 Å². The van der Waals surface area contributed by atoms with Crippen LogP contribution >= 0.6 is 0 Å². The van der Waals surface area contributed by atoms with E-state index in [-0.39, 0.29) is 25.0 Å². The fourth-order valence-electron chi connectivity index (χ4n) is 3.02. The van der Waals surface area contributed by atoms with Crippen molar-refractivity contribution >= 4 is 28.3 Å². The lowest BCUT2D eigenvalue weighted by Crippen LogP contribution is -2.29. The smallest absolute Gasteiger partial charge is 0.266 e. The summed E-state index contributed by atoms with van der Waals surface area (Å²) in [5.41, 5.74) is 1.33. The van der Waals surface area contributed by atoms with E-state index in [1.54, 1.807) is 36.4 Å². The Hall–Kier alpha value is -3.18. The van der Waals surface area contributed by atoms with Gasteiger partial charge in [0.05, 0.1) is 23.4 Å². The minimum Gasteiger partial charge on any atom is -0.491 e. The summed E-state index contributed by atoms with van der Waals surface area (Å²) < 4.78 is 5.30. The van der Waals surface area contributed by atoms with Crippen LogP contribution in [0.15, 0.2) is 60.7 Å². The highest BCUT2D eigenvalue weighted by molar-refractivity contribution is 6.35. The Kier molecular flexibility index (Phi) is 3.71. The molecule has 25 heavy (non-hydrogen) atoms. The third-order valence-corrected chi connectivity index (χ3v) is 4.21. The van der Waals surface area contributed by atoms with Crippen molar-refractivity contribution in [2.24, 2.45) is 0 Å². The molecule has 1 aliphatic rings. The normalized spacial score (nSPS) is 13.4. The van der Waals surface area contributed by atoms with Crippen LogP contribution in [0, 0.1) is 0 Å². The molecule has 124 valence electrons. The molecule has 0 radical (unpaired) electrons. The third-order valence-electron chi connectivity index (χ3n) is 4.21. The molecule has 1 heterocycles. The molecule has 0 fully saturated rings. The third kappa shape index (κ3) is 2.55. The highest BCUT2D eigenvalue weighted by Gasteiger charge is 2.36. The molecule has 1 N–H and O–H groups in total. The molecule has 3 aromatic rings. The van der Waals surface area contributed by atoms with Crippen molar-refractivity contribution in [1.29, 1.82) is 0 Å². The largest absolute Gasteiger partial charge is 0.491 e. The molecule has 0 spiro atoms. The molecule has 0 aliphatic carbocycles. The summed E-state index contributed by atoms with van der Waals surface area (Å²) >= 11 is 0. The summed E-state index contributed by atoms with van der Waals surface area (Å²) in [5.74, 6) is -0.0790. The molecule has 5 nitrogen and oxygen atoms in total. The number of rotatable bonds is 4. The Morgan fingerprint density at radius 3 is 1.92 bits per heavy atom. The second-order valence-electron chi connectivity index (χ2n) is 5.76. The molecule has 2 amide bonds. The van der Waals surface area contributed by atoms with Crippen LogP contribution in [0.1, 0.15) is 20.7 Å². The first kappa shape index (κ1) is 15.4. The van der Waals surface area contributed by atoms with Gasteiger partial charge in [0.1, 0.15) is 12.4 Å². The number of imide groups is 1. The van der Waals surface area contributed by atoms with Crippen LogP contribution in [0.25, 0.3) is 10.8 Å². The Labute approximate surface area is 144 Å². The van der Waals surface area contributed by atoms with Crippen LogP contribution in [0.2, 0.25) is 0 Å². The number of aliphatic hydroxyl groups excluding tert-OH is 1. The van der Waals surface area contributed by atoms with E-state index in [9.17, 15) is 9.59 Å². The van der Waals surface area contributed by atoms with Gasteiger partial charge < -0.3 is 9.84 Å². The van der Waals surface area contributed by atoms with Gasteiger partial charge in [-0.1, -0.05) is 24.3 Å². The number of aliphatic hydroxyl groups is 1. The van der Waals surface area contributed by atoms with E-state index < -0.39 is 0 Å².